The molecular formula is C21H26N2O2S. The summed E-state index contributed by atoms with van der Waals surface area (Å²) in [7, 11) is 0. The highest BCUT2D eigenvalue weighted by molar-refractivity contribution is 7.99. The van der Waals surface area contributed by atoms with E-state index in [1.807, 2.05) is 62.4 Å². The Kier molecular flexibility index (Phi) is 8.22. The number of para-hydroxylation sites is 2. The zero-order chi connectivity index (χ0) is 18.8. The van der Waals surface area contributed by atoms with Gasteiger partial charge in [-0.05, 0) is 49.3 Å². The van der Waals surface area contributed by atoms with Crippen molar-refractivity contribution in [3.8, 4) is 0 Å². The molecule has 0 aromatic heterocycles. The molecule has 0 heterocycles. The van der Waals surface area contributed by atoms with Gasteiger partial charge in [-0.25, -0.2) is 0 Å². The van der Waals surface area contributed by atoms with E-state index in [-0.39, 0.29) is 11.8 Å². The zero-order valence-corrected chi connectivity index (χ0v) is 16.2. The van der Waals surface area contributed by atoms with Crippen molar-refractivity contribution in [1.29, 1.82) is 0 Å². The van der Waals surface area contributed by atoms with Crippen LogP contribution in [-0.2, 0) is 9.59 Å². The van der Waals surface area contributed by atoms with Gasteiger partial charge in [0, 0.05) is 30.0 Å². The van der Waals surface area contributed by atoms with Gasteiger partial charge in [-0.1, -0.05) is 36.4 Å². The lowest BCUT2D eigenvalue weighted by Crippen LogP contribution is -2.14. The molecule has 138 valence electrons. The van der Waals surface area contributed by atoms with Gasteiger partial charge in [-0.3, -0.25) is 9.59 Å². The van der Waals surface area contributed by atoms with Gasteiger partial charge >= 0.3 is 0 Å². The van der Waals surface area contributed by atoms with Gasteiger partial charge in [-0.2, -0.15) is 11.8 Å². The number of carbonyl (C=O) groups excluding carboxylic acids is 2. The summed E-state index contributed by atoms with van der Waals surface area (Å²) in [5, 5.41) is 5.88. The van der Waals surface area contributed by atoms with Crippen LogP contribution in [0.5, 0.6) is 0 Å². The molecule has 2 aromatic carbocycles. The van der Waals surface area contributed by atoms with Crippen molar-refractivity contribution < 1.29 is 9.59 Å². The monoisotopic (exact) mass is 370 g/mol. The maximum absolute atomic E-state index is 12.1. The second-order valence-corrected chi connectivity index (χ2v) is 7.42. The van der Waals surface area contributed by atoms with Crippen molar-refractivity contribution in [1.82, 2.24) is 0 Å². The quantitative estimate of drug-likeness (QED) is 0.624. The molecule has 0 aliphatic rings. The number of carbonyl (C=O) groups is 2. The molecular weight excluding hydrogens is 344 g/mol. The van der Waals surface area contributed by atoms with Crippen molar-refractivity contribution in [2.75, 3.05) is 22.1 Å². The first-order chi connectivity index (χ1) is 12.6. The standard InChI is InChI=1S/C21H26N2O2S/c1-16-8-6-9-17(2)21(16)23-19(24)12-7-14-26-15-13-20(25)22-18-10-4-3-5-11-18/h3-6,8-11H,7,12-15H2,1-2H3,(H,22,25)(H,23,24). The van der Waals surface area contributed by atoms with Gasteiger partial charge in [0.15, 0.2) is 0 Å². The summed E-state index contributed by atoms with van der Waals surface area (Å²) in [6.07, 6.45) is 1.78. The molecule has 0 saturated heterocycles. The largest absolute Gasteiger partial charge is 0.326 e. The van der Waals surface area contributed by atoms with E-state index in [4.69, 9.17) is 0 Å². The third-order valence-electron chi connectivity index (χ3n) is 3.97. The number of rotatable bonds is 9. The molecule has 0 saturated carbocycles. The van der Waals surface area contributed by atoms with Crippen LogP contribution in [0.25, 0.3) is 0 Å². The Bertz CT molecular complexity index is 712. The lowest BCUT2D eigenvalue weighted by atomic mass is 10.1. The molecule has 0 unspecified atom stereocenters. The molecule has 0 radical (unpaired) electrons. The van der Waals surface area contributed by atoms with Crippen LogP contribution in [0.2, 0.25) is 0 Å². The lowest BCUT2D eigenvalue weighted by Gasteiger charge is -2.11. The van der Waals surface area contributed by atoms with Gasteiger partial charge in [0.2, 0.25) is 11.8 Å². The van der Waals surface area contributed by atoms with Crippen molar-refractivity contribution in [2.45, 2.75) is 33.1 Å². The average Bonchev–Trinajstić information content (AvgIpc) is 2.62. The average molecular weight is 371 g/mol. The summed E-state index contributed by atoms with van der Waals surface area (Å²) >= 11 is 1.71. The SMILES string of the molecule is Cc1cccc(C)c1NC(=O)CCCSCCC(=O)Nc1ccccc1. The number of nitrogens with one attached hydrogen (secondary N) is 2. The topological polar surface area (TPSA) is 58.2 Å². The molecule has 0 spiro atoms. The number of hydrogen-bond acceptors (Lipinski definition) is 3. The highest BCUT2D eigenvalue weighted by Crippen LogP contribution is 2.20. The fourth-order valence-electron chi connectivity index (χ4n) is 2.56. The Morgan fingerprint density at radius 2 is 1.46 bits per heavy atom. The Morgan fingerprint density at radius 3 is 2.15 bits per heavy atom. The molecule has 2 N–H and O–H groups in total. The minimum Gasteiger partial charge on any atom is -0.326 e. The fourth-order valence-corrected chi connectivity index (χ4v) is 3.44. The molecule has 2 amide bonds. The molecule has 0 aliphatic carbocycles. The van der Waals surface area contributed by atoms with E-state index in [1.54, 1.807) is 11.8 Å². The predicted molar refractivity (Wildman–Crippen MR) is 111 cm³/mol. The van der Waals surface area contributed by atoms with E-state index in [2.05, 4.69) is 10.6 Å². The highest BCUT2D eigenvalue weighted by Gasteiger charge is 2.07. The Balaban J connectivity index is 1.57. The molecule has 2 rings (SSSR count). The second-order valence-electron chi connectivity index (χ2n) is 6.20. The van der Waals surface area contributed by atoms with Crippen LogP contribution in [0.1, 0.15) is 30.4 Å². The fraction of sp³-hybridized carbons (Fsp3) is 0.333. The Labute approximate surface area is 159 Å². The van der Waals surface area contributed by atoms with Crippen LogP contribution in [0.3, 0.4) is 0 Å². The van der Waals surface area contributed by atoms with Crippen LogP contribution < -0.4 is 10.6 Å². The number of hydrogen-bond donors (Lipinski definition) is 2. The first kappa shape index (κ1) is 20.0. The van der Waals surface area contributed by atoms with E-state index in [1.165, 1.54) is 0 Å². The molecule has 26 heavy (non-hydrogen) atoms. The Morgan fingerprint density at radius 1 is 0.808 bits per heavy atom. The summed E-state index contributed by atoms with van der Waals surface area (Å²) < 4.78 is 0. The number of thioether (sulfide) groups is 1. The third kappa shape index (κ3) is 6.92. The zero-order valence-electron chi connectivity index (χ0n) is 15.4. The molecule has 0 aliphatic heterocycles. The van der Waals surface area contributed by atoms with Gasteiger partial charge in [-0.15, -0.1) is 0 Å². The molecule has 0 atom stereocenters. The van der Waals surface area contributed by atoms with E-state index in [9.17, 15) is 9.59 Å². The van der Waals surface area contributed by atoms with Crippen LogP contribution in [0.4, 0.5) is 11.4 Å². The van der Waals surface area contributed by atoms with Crippen molar-refractivity contribution in [3.05, 3.63) is 59.7 Å². The third-order valence-corrected chi connectivity index (χ3v) is 5.04. The molecule has 4 nitrogen and oxygen atoms in total. The maximum atomic E-state index is 12.1. The summed E-state index contributed by atoms with van der Waals surface area (Å²) in [6.45, 7) is 4.00. The van der Waals surface area contributed by atoms with Crippen molar-refractivity contribution >= 4 is 35.0 Å². The Hall–Kier alpha value is -2.27. The van der Waals surface area contributed by atoms with Crippen molar-refractivity contribution in [2.24, 2.45) is 0 Å². The smallest absolute Gasteiger partial charge is 0.225 e. The number of benzene rings is 2. The number of amides is 2. The van der Waals surface area contributed by atoms with E-state index >= 15 is 0 Å². The first-order valence-corrected chi connectivity index (χ1v) is 10.0. The lowest BCUT2D eigenvalue weighted by molar-refractivity contribution is -0.116. The summed E-state index contributed by atoms with van der Waals surface area (Å²) in [5.41, 5.74) is 3.91. The highest BCUT2D eigenvalue weighted by atomic mass is 32.2. The minimum absolute atomic E-state index is 0.0245. The second kappa shape index (κ2) is 10.7. The van der Waals surface area contributed by atoms with E-state index in [0.717, 1.165) is 40.4 Å². The minimum atomic E-state index is 0.0245. The van der Waals surface area contributed by atoms with Crippen LogP contribution >= 0.6 is 11.8 Å². The van der Waals surface area contributed by atoms with Crippen LogP contribution in [0, 0.1) is 13.8 Å². The normalized spacial score (nSPS) is 10.4. The maximum Gasteiger partial charge on any atom is 0.225 e. The molecule has 2 aromatic rings. The molecule has 0 bridgehead atoms. The summed E-state index contributed by atoms with van der Waals surface area (Å²) in [6, 6.07) is 15.5. The van der Waals surface area contributed by atoms with E-state index < -0.39 is 0 Å². The number of anilines is 2. The van der Waals surface area contributed by atoms with Crippen LogP contribution in [0.15, 0.2) is 48.5 Å². The van der Waals surface area contributed by atoms with Crippen molar-refractivity contribution in [3.63, 3.8) is 0 Å². The summed E-state index contributed by atoms with van der Waals surface area (Å²) in [4.78, 5) is 23.9. The van der Waals surface area contributed by atoms with Gasteiger partial charge in [0.05, 0.1) is 0 Å². The van der Waals surface area contributed by atoms with Crippen LogP contribution in [-0.4, -0.2) is 23.3 Å². The predicted octanol–water partition coefficient (Wildman–Crippen LogP) is 4.78. The van der Waals surface area contributed by atoms with Gasteiger partial charge in [0.1, 0.15) is 0 Å². The number of aryl methyl sites for hydroxylation is 2. The van der Waals surface area contributed by atoms with Gasteiger partial charge in [0.25, 0.3) is 0 Å². The first-order valence-electron chi connectivity index (χ1n) is 8.85. The summed E-state index contributed by atoms with van der Waals surface area (Å²) in [5.74, 6) is 1.71. The van der Waals surface area contributed by atoms with Gasteiger partial charge < -0.3 is 10.6 Å². The molecule has 5 heteroatoms. The van der Waals surface area contributed by atoms with E-state index in [0.29, 0.717) is 12.8 Å². The molecule has 0 fully saturated rings.